The van der Waals surface area contributed by atoms with Crippen LogP contribution in [-0.2, 0) is 54.8 Å². The van der Waals surface area contributed by atoms with Crippen LogP contribution in [0, 0.1) is 6.07 Å². The van der Waals surface area contributed by atoms with Crippen LogP contribution in [0.15, 0.2) is 158 Å². The van der Waals surface area contributed by atoms with E-state index in [1.165, 1.54) is 92.7 Å². The Morgan fingerprint density at radius 1 is 0.590 bits per heavy atom. The number of alkyl halides is 6. The molecule has 0 fully saturated rings. The molecule has 9 heteroatoms. The molecule has 0 nitrogen and oxygen atoms in total. The maximum atomic E-state index is 12.7. The molecule has 8 rings (SSSR count). The van der Waals surface area contributed by atoms with Gasteiger partial charge in [0.1, 0.15) is 0 Å². The van der Waals surface area contributed by atoms with Crippen LogP contribution in [-0.4, -0.2) is 3.21 Å². The summed E-state index contributed by atoms with van der Waals surface area (Å²) in [5, 5.41) is 0. The molecule has 0 saturated carbocycles. The van der Waals surface area contributed by atoms with E-state index in [1.807, 2.05) is 0 Å². The summed E-state index contributed by atoms with van der Waals surface area (Å²) < 4.78 is 76.7. The first-order chi connectivity index (χ1) is 28.0. The van der Waals surface area contributed by atoms with E-state index in [0.717, 1.165) is 54.9 Å². The minimum Gasteiger partial charge on any atom is -1.00 e. The van der Waals surface area contributed by atoms with Crippen molar-refractivity contribution in [1.29, 1.82) is 0 Å². The van der Waals surface area contributed by atoms with Crippen molar-refractivity contribution in [3.63, 3.8) is 0 Å². The van der Waals surface area contributed by atoms with E-state index >= 15 is 0 Å². The minimum atomic E-state index is -4.49. The van der Waals surface area contributed by atoms with Crippen molar-refractivity contribution < 1.29 is 75.4 Å². The molecule has 0 atom stereocenters. The summed E-state index contributed by atoms with van der Waals surface area (Å²) >= 11 is 0.729. The van der Waals surface area contributed by atoms with E-state index in [4.69, 9.17) is 0 Å². The summed E-state index contributed by atoms with van der Waals surface area (Å²) in [6.07, 6.45) is -5.55. The maximum absolute atomic E-state index is 12.7. The topological polar surface area (TPSA) is 0 Å². The summed E-state index contributed by atoms with van der Waals surface area (Å²) in [6, 6.07) is 52.0. The molecule has 1 aliphatic rings. The van der Waals surface area contributed by atoms with Crippen molar-refractivity contribution >= 4 is 3.21 Å². The normalized spacial score (nSPS) is 11.7. The number of hydrogen-bond acceptors (Lipinski definition) is 0. The number of hydrogen-bond donors (Lipinski definition) is 0. The van der Waals surface area contributed by atoms with E-state index in [9.17, 15) is 26.3 Å². The first-order valence-corrected chi connectivity index (χ1v) is 20.7. The Morgan fingerprint density at radius 2 is 1.13 bits per heavy atom. The molecule has 61 heavy (non-hydrogen) atoms. The van der Waals surface area contributed by atoms with Crippen molar-refractivity contribution in [2.75, 3.05) is 0 Å². The van der Waals surface area contributed by atoms with E-state index in [1.54, 1.807) is 0 Å². The molecule has 7 aromatic carbocycles. The fraction of sp³-hybridized carbons (Fsp3) is 0.192. The van der Waals surface area contributed by atoms with Crippen molar-refractivity contribution in [3.05, 3.63) is 208 Å². The molecule has 0 aliphatic heterocycles. The second-order valence-corrected chi connectivity index (χ2v) is 16.8. The molecular weight excluding hydrogens is 901 g/mol. The van der Waals surface area contributed by atoms with Gasteiger partial charge < -0.3 is 24.8 Å². The number of halogens is 8. The fourth-order valence-electron chi connectivity index (χ4n) is 6.99. The molecule has 0 saturated heterocycles. The molecule has 0 heterocycles. The zero-order valence-corrected chi connectivity index (χ0v) is 38.1. The van der Waals surface area contributed by atoms with Gasteiger partial charge in [-0.3, -0.25) is 0 Å². The third-order valence-electron chi connectivity index (χ3n) is 10.2. The quantitative estimate of drug-likeness (QED) is 0.116. The maximum Gasteiger partial charge on any atom is -0.0181 e. The summed E-state index contributed by atoms with van der Waals surface area (Å²) in [4.78, 5) is 0. The molecule has 0 N–H and O–H groups in total. The molecule has 0 radical (unpaired) electrons. The van der Waals surface area contributed by atoms with E-state index in [-0.39, 0.29) is 35.9 Å². The largest absolute Gasteiger partial charge is 1.00 e. The van der Waals surface area contributed by atoms with E-state index < -0.39 is 23.5 Å². The number of aryl methyl sites for hydroxylation is 1. The molecule has 0 unspecified atom stereocenters. The average Bonchev–Trinajstić information content (AvgIpc) is 3.86. The van der Waals surface area contributed by atoms with E-state index in [2.05, 4.69) is 143 Å². The van der Waals surface area contributed by atoms with Crippen LogP contribution in [0.4, 0.5) is 26.3 Å². The van der Waals surface area contributed by atoms with Crippen LogP contribution >= 0.6 is 0 Å². The summed E-state index contributed by atoms with van der Waals surface area (Å²) in [5.41, 5.74) is 12.5. The Morgan fingerprint density at radius 3 is 1.64 bits per heavy atom. The van der Waals surface area contributed by atoms with Gasteiger partial charge in [0.05, 0.1) is 0 Å². The first-order valence-electron chi connectivity index (χ1n) is 19.5. The first kappa shape index (κ1) is 49.2. The van der Waals surface area contributed by atoms with Crippen LogP contribution < -0.4 is 24.8 Å². The Labute approximate surface area is 382 Å². The van der Waals surface area contributed by atoms with Crippen molar-refractivity contribution in [2.24, 2.45) is 0 Å². The predicted octanol–water partition coefficient (Wildman–Crippen LogP) is 8.90. The summed E-state index contributed by atoms with van der Waals surface area (Å²) in [7, 11) is 0. The molecule has 1 aliphatic carbocycles. The Balaban J connectivity index is 0.000000210. The van der Waals surface area contributed by atoms with Crippen LogP contribution in [0.1, 0.15) is 78.6 Å². The fourth-order valence-corrected chi connectivity index (χ4v) is 7.76. The second kappa shape index (κ2) is 21.1. The standard InChI is InChI=1S/C25H17.C15H8F6.C12H19.2ClH.Zr/c1-3-7-18(8-4-1)20-11-13-24-22(15-20)17-23-16-21(12-14-25(23)24)19-9-5-2-6-10-19;16-14(17,18)12-5-1-3-10(8-12)7-11-4-2-6-13(9-11)15(19,20)21;1-5-6-10-7-8-11(9-10)12(2,3)4;;;/h1-15H,17H2;1-6,8-9H;7-9H,5-6H2,1-4H3;2*1H;/q-1;;-1;;;+2/p-2. The predicted molar refractivity (Wildman–Crippen MR) is 225 cm³/mol. The molecule has 0 bridgehead atoms. The Hall–Kier alpha value is -4.42. The van der Waals surface area contributed by atoms with E-state index in [0.29, 0.717) is 8.62 Å². The molecule has 0 aromatic heterocycles. The van der Waals surface area contributed by atoms with Gasteiger partial charge in [0.25, 0.3) is 0 Å². The van der Waals surface area contributed by atoms with Gasteiger partial charge in [0, 0.05) is 0 Å². The van der Waals surface area contributed by atoms with Crippen LogP contribution in [0.5, 0.6) is 0 Å². The summed E-state index contributed by atoms with van der Waals surface area (Å²) in [6.45, 7) is 9.01. The van der Waals surface area contributed by atoms with Gasteiger partial charge in [0.2, 0.25) is 0 Å². The van der Waals surface area contributed by atoms with Crippen LogP contribution in [0.3, 0.4) is 0 Å². The zero-order chi connectivity index (χ0) is 42.4. The molecule has 0 amide bonds. The van der Waals surface area contributed by atoms with Gasteiger partial charge in [-0.05, 0) is 23.1 Å². The van der Waals surface area contributed by atoms with Gasteiger partial charge in [-0.25, -0.2) is 6.07 Å². The van der Waals surface area contributed by atoms with Gasteiger partial charge in [-0.15, -0.1) is 29.3 Å². The Kier molecular flexibility index (Phi) is 17.0. The third kappa shape index (κ3) is 12.8. The second-order valence-electron chi connectivity index (χ2n) is 15.6. The average molecular weight is 945 g/mol. The molecule has 314 valence electrons. The zero-order valence-electron chi connectivity index (χ0n) is 34.2. The number of rotatable bonds is 6. The van der Waals surface area contributed by atoms with Crippen molar-refractivity contribution in [1.82, 2.24) is 0 Å². The molecular formula is C52H44Cl2F6Zr-2. The monoisotopic (exact) mass is 942 g/mol. The van der Waals surface area contributed by atoms with Gasteiger partial charge in [-0.1, -0.05) is 142 Å². The third-order valence-corrected chi connectivity index (χ3v) is 11.6. The molecule has 0 spiro atoms. The van der Waals surface area contributed by atoms with Crippen LogP contribution in [0.2, 0.25) is 0 Å². The number of fused-ring (bicyclic) bond motifs is 3. The van der Waals surface area contributed by atoms with Gasteiger partial charge in [0.15, 0.2) is 0 Å². The smallest absolute Gasteiger partial charge is 0.0181 e. The van der Waals surface area contributed by atoms with Gasteiger partial charge in [-0.2, -0.15) is 23.3 Å². The molecule has 7 aromatic rings. The summed E-state index contributed by atoms with van der Waals surface area (Å²) in [5.74, 6) is 0. The van der Waals surface area contributed by atoms with Crippen LogP contribution in [0.25, 0.3) is 33.4 Å². The SMILES string of the molecule is CCCc1cc(C(C)(C)C)c[cH-]1.FC(F)(F)c1cccc([C](=[Zr+2])c2cccc(C(F)(F)F)c2)c1.[Cl-].[Cl-].[c-]1c(-c2ccccc2)ccc2c1Cc1cc(-c3ccccc3)ccc1-2. The number of benzene rings is 6. The van der Waals surface area contributed by atoms with Crippen molar-refractivity contribution in [3.8, 4) is 33.4 Å². The van der Waals surface area contributed by atoms with Gasteiger partial charge >= 0.3 is 137 Å². The Bertz CT molecular complexity index is 2370. The van der Waals surface area contributed by atoms with Crippen molar-refractivity contribution in [2.45, 2.75) is 64.7 Å². The minimum absolute atomic E-state index is 0.